The molecule has 10 rings (SSSR count). The van der Waals surface area contributed by atoms with E-state index in [-0.39, 0.29) is 77.6 Å². The number of aromatic nitrogens is 7. The minimum absolute atomic E-state index is 0.0323. The molecule has 0 bridgehead atoms. The number of nitrogens with zero attached hydrogens (tertiary/aromatic N) is 7. The first kappa shape index (κ1) is 45.5. The fraction of sp³-hybridized carbons (Fsp3) is 0.468. The molecule has 6 aromatic rings. The highest BCUT2D eigenvalue weighted by atomic mass is 19.1. The fourth-order valence-corrected chi connectivity index (χ4v) is 9.53. The topological polar surface area (TPSA) is 229 Å². The third-order valence-corrected chi connectivity index (χ3v) is 13.0. The summed E-state index contributed by atoms with van der Waals surface area (Å²) in [4.78, 5) is 22.3. The first-order valence-electron chi connectivity index (χ1n) is 22.6. The molecule has 0 aromatic carbocycles. The second-order valence-electron chi connectivity index (χ2n) is 17.2. The van der Waals surface area contributed by atoms with E-state index < -0.39 is 47.9 Å². The Morgan fingerprint density at radius 3 is 2.04 bits per heavy atom. The molecule has 4 aliphatic rings. The molecule has 6 aromatic heterocycles. The summed E-state index contributed by atoms with van der Waals surface area (Å²) >= 11 is 0. The second kappa shape index (κ2) is 19.8. The van der Waals surface area contributed by atoms with Gasteiger partial charge < -0.3 is 58.7 Å². The van der Waals surface area contributed by atoms with Crippen LogP contribution in [0.3, 0.4) is 0 Å². The van der Waals surface area contributed by atoms with Gasteiger partial charge in [0.05, 0.1) is 97.8 Å². The van der Waals surface area contributed by atoms with Crippen LogP contribution in [-0.2, 0) is 29.0 Å². The number of pyridine rings is 5. The van der Waals surface area contributed by atoms with Crippen LogP contribution in [0.5, 0.6) is 34.9 Å². The van der Waals surface area contributed by atoms with Crippen molar-refractivity contribution in [1.82, 2.24) is 45.8 Å². The standard InChI is InChI=1S/C47H51F2N9O10/c1-61-39-9-5-32-43(55-39)29(30(48)20-53-32)17-47(60,38-8-4-26(24-68-38)50-18-27-15-35-37(22-52-27)65-12-11-63-35)42(41-31(49)21-54-33-6-10-40(62-2)56-44(33)41)45(59)34-7-3-25(23-67-34)51-19-28-16-36-46(58-57-28)66-14-13-64-36/h5-6,9-10,15-16,20-22,25-26,34,38,42,45,50-51,59-60H,3-4,7-8,11-14,17-19,23-24H2,1-2H3/t25-,26-,34+,38+,42?,45?,47+/m1/s1. The zero-order chi connectivity index (χ0) is 46.8. The smallest absolute Gasteiger partial charge is 0.276 e. The Bertz CT molecular complexity index is 2760. The number of halogens is 2. The lowest BCUT2D eigenvalue weighted by atomic mass is 9.68. The Morgan fingerprint density at radius 1 is 0.706 bits per heavy atom. The van der Waals surface area contributed by atoms with Gasteiger partial charge in [0.15, 0.2) is 17.2 Å². The van der Waals surface area contributed by atoms with Crippen LogP contribution in [0.1, 0.15) is 54.1 Å². The fourth-order valence-electron chi connectivity index (χ4n) is 9.53. The molecule has 19 nitrogen and oxygen atoms in total. The van der Waals surface area contributed by atoms with E-state index in [1.807, 2.05) is 6.07 Å². The molecule has 0 spiro atoms. The van der Waals surface area contributed by atoms with Crippen molar-refractivity contribution in [2.24, 2.45) is 0 Å². The zero-order valence-corrected chi connectivity index (χ0v) is 37.4. The number of rotatable bonds is 15. The van der Waals surface area contributed by atoms with Crippen LogP contribution in [0.25, 0.3) is 22.1 Å². The van der Waals surface area contributed by atoms with E-state index in [2.05, 4.69) is 45.8 Å². The maximum atomic E-state index is 17.0. The summed E-state index contributed by atoms with van der Waals surface area (Å²) in [6.45, 7) is 2.67. The van der Waals surface area contributed by atoms with E-state index in [1.54, 1.807) is 36.5 Å². The maximum Gasteiger partial charge on any atom is 0.276 e. The number of methoxy groups -OCH3 is 2. The Balaban J connectivity index is 0.987. The third-order valence-electron chi connectivity index (χ3n) is 13.0. The highest BCUT2D eigenvalue weighted by molar-refractivity contribution is 5.80. The number of hydrogen-bond acceptors (Lipinski definition) is 19. The summed E-state index contributed by atoms with van der Waals surface area (Å²) in [6.07, 6.45) is 1.01. The summed E-state index contributed by atoms with van der Waals surface area (Å²) in [5, 5.41) is 42.1. The van der Waals surface area contributed by atoms with Gasteiger partial charge in [-0.25, -0.2) is 18.7 Å². The van der Waals surface area contributed by atoms with E-state index in [0.29, 0.717) is 86.7 Å². The predicted octanol–water partition coefficient (Wildman–Crippen LogP) is 3.69. The van der Waals surface area contributed by atoms with E-state index in [1.165, 1.54) is 14.2 Å². The lowest BCUT2D eigenvalue weighted by Crippen LogP contribution is -2.59. The van der Waals surface area contributed by atoms with Gasteiger partial charge in [-0.15, -0.1) is 5.10 Å². The van der Waals surface area contributed by atoms with Gasteiger partial charge in [-0.2, -0.15) is 5.10 Å². The normalized spacial score (nSPS) is 22.0. The molecule has 10 heterocycles. The van der Waals surface area contributed by atoms with Gasteiger partial charge in [0.25, 0.3) is 5.88 Å². The minimum Gasteiger partial charge on any atom is -0.486 e. The van der Waals surface area contributed by atoms with Crippen molar-refractivity contribution in [2.45, 2.75) is 87.1 Å². The average Bonchev–Trinajstić information content (AvgIpc) is 3.38. The van der Waals surface area contributed by atoms with Crippen molar-refractivity contribution in [1.29, 1.82) is 0 Å². The van der Waals surface area contributed by atoms with Gasteiger partial charge in [-0.1, -0.05) is 0 Å². The molecular formula is C47H51F2N9O10. The first-order valence-corrected chi connectivity index (χ1v) is 22.6. The molecule has 0 amide bonds. The molecule has 7 atom stereocenters. The number of hydrogen-bond donors (Lipinski definition) is 4. The molecule has 0 saturated carbocycles. The lowest BCUT2D eigenvalue weighted by Gasteiger charge is -2.48. The number of aliphatic hydroxyl groups is 2. The number of nitrogens with one attached hydrogen (secondary N) is 2. The number of fused-ring (bicyclic) bond motifs is 4. The van der Waals surface area contributed by atoms with Crippen LogP contribution in [0.15, 0.2) is 55.0 Å². The van der Waals surface area contributed by atoms with Gasteiger partial charge in [-0.3, -0.25) is 15.0 Å². The highest BCUT2D eigenvalue weighted by Gasteiger charge is 2.54. The molecule has 0 radical (unpaired) electrons. The zero-order valence-electron chi connectivity index (χ0n) is 37.4. The van der Waals surface area contributed by atoms with Gasteiger partial charge in [0.1, 0.15) is 43.7 Å². The van der Waals surface area contributed by atoms with Gasteiger partial charge >= 0.3 is 0 Å². The monoisotopic (exact) mass is 939 g/mol. The first-order chi connectivity index (χ1) is 33.2. The van der Waals surface area contributed by atoms with Crippen molar-refractivity contribution in [3.05, 3.63) is 89.1 Å². The van der Waals surface area contributed by atoms with Crippen LogP contribution in [0, 0.1) is 11.6 Å². The Labute approximate surface area is 388 Å². The van der Waals surface area contributed by atoms with Crippen molar-refractivity contribution < 1.29 is 56.9 Å². The quantitative estimate of drug-likeness (QED) is 0.115. The molecule has 4 N–H and O–H groups in total. The molecule has 358 valence electrons. The average molecular weight is 940 g/mol. The number of aliphatic hydroxyl groups excluding tert-OH is 1. The van der Waals surface area contributed by atoms with Crippen LogP contribution in [0.2, 0.25) is 0 Å². The van der Waals surface area contributed by atoms with E-state index in [9.17, 15) is 10.2 Å². The molecule has 68 heavy (non-hydrogen) atoms. The summed E-state index contributed by atoms with van der Waals surface area (Å²) in [5.74, 6) is -0.826. The van der Waals surface area contributed by atoms with Crippen LogP contribution < -0.4 is 39.1 Å². The van der Waals surface area contributed by atoms with Crippen LogP contribution >= 0.6 is 0 Å². The minimum atomic E-state index is -2.28. The SMILES string of the molecule is COc1ccc2ncc(F)c(C[C@@](O)(C(c3c(F)cnc4ccc(OC)nc34)C(O)[C@@H]3CC[C@@H](NCc4cc5c(nn4)OCCO5)CO3)[C@@H]3CC[C@@H](NCc4cc5c(cn4)OCCO5)CO3)c2n1. The Hall–Kier alpha value is -6.23. The summed E-state index contributed by atoms with van der Waals surface area (Å²) in [6, 6.07) is 9.64. The Kier molecular flexibility index (Phi) is 13.2. The van der Waals surface area contributed by atoms with Crippen molar-refractivity contribution in [2.75, 3.05) is 53.9 Å². The van der Waals surface area contributed by atoms with Crippen molar-refractivity contribution in [3.8, 4) is 34.9 Å². The molecule has 0 aliphatic carbocycles. The molecule has 4 aliphatic heterocycles. The van der Waals surface area contributed by atoms with Gasteiger partial charge in [0, 0.05) is 72.9 Å². The number of ether oxygens (including phenoxy) is 8. The van der Waals surface area contributed by atoms with Crippen molar-refractivity contribution >= 4 is 22.1 Å². The van der Waals surface area contributed by atoms with E-state index >= 15 is 8.78 Å². The van der Waals surface area contributed by atoms with E-state index in [4.69, 9.17) is 37.9 Å². The molecule has 2 unspecified atom stereocenters. The largest absolute Gasteiger partial charge is 0.486 e. The van der Waals surface area contributed by atoms with Crippen molar-refractivity contribution in [3.63, 3.8) is 0 Å². The maximum absolute atomic E-state index is 17.0. The van der Waals surface area contributed by atoms with Crippen LogP contribution in [-0.4, -0.2) is 135 Å². The second-order valence-corrected chi connectivity index (χ2v) is 17.2. The molecule has 21 heteroatoms. The third kappa shape index (κ3) is 9.33. The predicted molar refractivity (Wildman–Crippen MR) is 237 cm³/mol. The summed E-state index contributed by atoms with van der Waals surface area (Å²) < 4.78 is 80.1. The highest BCUT2D eigenvalue weighted by Crippen LogP contribution is 2.46. The molecule has 2 fully saturated rings. The van der Waals surface area contributed by atoms with Crippen LogP contribution in [0.4, 0.5) is 8.78 Å². The Morgan fingerprint density at radius 2 is 1.34 bits per heavy atom. The lowest BCUT2D eigenvalue weighted by molar-refractivity contribution is -0.177. The van der Waals surface area contributed by atoms with E-state index in [0.717, 1.165) is 18.1 Å². The van der Waals surface area contributed by atoms with Gasteiger partial charge in [0.2, 0.25) is 11.8 Å². The molecular weight excluding hydrogens is 889 g/mol. The summed E-state index contributed by atoms with van der Waals surface area (Å²) in [7, 11) is 2.86. The molecule has 2 saturated heterocycles. The summed E-state index contributed by atoms with van der Waals surface area (Å²) in [5.41, 5.74) is -0.380. The van der Waals surface area contributed by atoms with Gasteiger partial charge in [-0.05, 0) is 37.8 Å².